The van der Waals surface area contributed by atoms with Gasteiger partial charge in [0.1, 0.15) is 5.65 Å². The first-order valence-electron chi connectivity index (χ1n) is 10.4. The normalized spacial score (nSPS) is 11.1. The number of nitrogens with one attached hydrogen (secondary N) is 2. The molecule has 1 amide bonds. The number of hydrogen-bond acceptors (Lipinski definition) is 6. The maximum absolute atomic E-state index is 12.6. The smallest absolute Gasteiger partial charge is 0.329 e. The van der Waals surface area contributed by atoms with E-state index in [1.54, 1.807) is 11.3 Å². The van der Waals surface area contributed by atoms with Gasteiger partial charge < -0.3 is 5.32 Å². The van der Waals surface area contributed by atoms with E-state index < -0.39 is 11.2 Å². The number of aryl methyl sites for hydroxylation is 2. The lowest BCUT2D eigenvalue weighted by Gasteiger charge is -2.09. The van der Waals surface area contributed by atoms with Crippen molar-refractivity contribution in [3.8, 4) is 11.3 Å². The molecule has 2 N–H and O–H groups in total. The molecule has 1 aromatic carbocycles. The van der Waals surface area contributed by atoms with Crippen LogP contribution >= 0.6 is 11.3 Å². The van der Waals surface area contributed by atoms with E-state index in [0.29, 0.717) is 19.5 Å². The van der Waals surface area contributed by atoms with Gasteiger partial charge in [-0.3, -0.25) is 19.1 Å². The topological polar surface area (TPSA) is 110 Å². The van der Waals surface area contributed by atoms with Gasteiger partial charge in [-0.15, -0.1) is 11.3 Å². The number of pyridine rings is 1. The molecule has 8 nitrogen and oxygen atoms in total. The van der Waals surface area contributed by atoms with Gasteiger partial charge >= 0.3 is 5.69 Å². The summed E-state index contributed by atoms with van der Waals surface area (Å²) >= 11 is 1.62. The van der Waals surface area contributed by atoms with E-state index in [-0.39, 0.29) is 22.5 Å². The van der Waals surface area contributed by atoms with Crippen molar-refractivity contribution in [2.75, 3.05) is 6.54 Å². The molecule has 0 spiro atoms. The molecule has 0 unspecified atom stereocenters. The summed E-state index contributed by atoms with van der Waals surface area (Å²) in [6.45, 7) is 4.79. The minimum atomic E-state index is -0.546. The van der Waals surface area contributed by atoms with E-state index in [4.69, 9.17) is 0 Å². The summed E-state index contributed by atoms with van der Waals surface area (Å²) in [5.41, 5.74) is 2.65. The number of hydrogen-bond donors (Lipinski definition) is 2. The van der Waals surface area contributed by atoms with Crippen molar-refractivity contribution < 1.29 is 4.79 Å². The number of carbonyl (C=O) groups is 1. The second kappa shape index (κ2) is 9.27. The fourth-order valence-electron chi connectivity index (χ4n) is 3.48. The molecule has 4 rings (SSSR count). The molecular weight excluding hydrogens is 426 g/mol. The predicted octanol–water partition coefficient (Wildman–Crippen LogP) is 2.90. The maximum Gasteiger partial charge on any atom is 0.329 e. The van der Waals surface area contributed by atoms with Crippen molar-refractivity contribution in [1.82, 2.24) is 24.8 Å². The average molecular weight is 450 g/mol. The Labute approximate surface area is 188 Å². The van der Waals surface area contributed by atoms with Crippen LogP contribution in [0.1, 0.15) is 34.3 Å². The number of thiazole rings is 1. The molecule has 9 heteroatoms. The van der Waals surface area contributed by atoms with Crippen molar-refractivity contribution in [2.45, 2.75) is 33.2 Å². The monoisotopic (exact) mass is 449 g/mol. The first kappa shape index (κ1) is 21.6. The number of nitrogens with zero attached hydrogens (tertiary/aromatic N) is 3. The zero-order chi connectivity index (χ0) is 22.7. The lowest BCUT2D eigenvalue weighted by molar-refractivity contribution is 0.0954. The van der Waals surface area contributed by atoms with Gasteiger partial charge in [0.15, 0.2) is 0 Å². The number of carbonyl (C=O) groups excluding carboxylic acids is 1. The molecule has 164 valence electrons. The SMILES string of the molecule is CCCn1c(=O)[nH]c(=O)c2cc(C(=O)NCCc3ccc(-c4csc(C)n4)cc3)cnc21. The molecule has 4 aromatic rings. The van der Waals surface area contributed by atoms with Gasteiger partial charge in [0.25, 0.3) is 11.5 Å². The molecule has 0 aliphatic carbocycles. The number of H-pyrrole nitrogens is 1. The third kappa shape index (κ3) is 4.52. The van der Waals surface area contributed by atoms with Crippen LogP contribution in [0.25, 0.3) is 22.3 Å². The highest BCUT2D eigenvalue weighted by atomic mass is 32.1. The van der Waals surface area contributed by atoms with Gasteiger partial charge in [-0.1, -0.05) is 31.2 Å². The van der Waals surface area contributed by atoms with Crippen LogP contribution in [-0.2, 0) is 13.0 Å². The van der Waals surface area contributed by atoms with Crippen molar-refractivity contribution in [3.63, 3.8) is 0 Å². The molecule has 0 aliphatic rings. The molecule has 32 heavy (non-hydrogen) atoms. The maximum atomic E-state index is 12.6. The Bertz CT molecular complexity index is 1390. The number of benzene rings is 1. The highest BCUT2D eigenvalue weighted by molar-refractivity contribution is 7.09. The third-order valence-electron chi connectivity index (χ3n) is 5.11. The second-order valence-electron chi connectivity index (χ2n) is 7.46. The fraction of sp³-hybridized carbons (Fsp3) is 0.261. The highest BCUT2D eigenvalue weighted by Crippen LogP contribution is 2.21. The number of aromatic nitrogens is 4. The van der Waals surface area contributed by atoms with Gasteiger partial charge in [-0.05, 0) is 31.4 Å². The van der Waals surface area contributed by atoms with Crippen molar-refractivity contribution in [2.24, 2.45) is 0 Å². The van der Waals surface area contributed by atoms with Gasteiger partial charge in [-0.25, -0.2) is 14.8 Å². The molecular formula is C23H23N5O3S. The van der Waals surface area contributed by atoms with Crippen LogP contribution in [0.3, 0.4) is 0 Å². The van der Waals surface area contributed by atoms with Crippen molar-refractivity contribution in [3.05, 3.63) is 78.9 Å². The summed E-state index contributed by atoms with van der Waals surface area (Å²) in [6.07, 6.45) is 2.78. The summed E-state index contributed by atoms with van der Waals surface area (Å²) in [6, 6.07) is 9.59. The minimum absolute atomic E-state index is 0.221. The van der Waals surface area contributed by atoms with Gasteiger partial charge in [0.05, 0.1) is 21.7 Å². The van der Waals surface area contributed by atoms with Crippen LogP contribution in [0.2, 0.25) is 0 Å². The molecule has 0 atom stereocenters. The van der Waals surface area contributed by atoms with E-state index in [2.05, 4.69) is 20.3 Å². The first-order chi connectivity index (χ1) is 15.5. The fourth-order valence-corrected chi connectivity index (χ4v) is 4.11. The summed E-state index contributed by atoms with van der Waals surface area (Å²) in [4.78, 5) is 47.8. The molecule has 0 saturated carbocycles. The Balaban J connectivity index is 1.43. The zero-order valence-corrected chi connectivity index (χ0v) is 18.7. The zero-order valence-electron chi connectivity index (χ0n) is 17.8. The van der Waals surface area contributed by atoms with Crippen LogP contribution in [0.15, 0.2) is 51.5 Å². The lowest BCUT2D eigenvalue weighted by atomic mass is 10.1. The molecule has 0 aliphatic heterocycles. The van der Waals surface area contributed by atoms with E-state index in [1.807, 2.05) is 43.5 Å². The van der Waals surface area contributed by atoms with E-state index in [1.165, 1.54) is 16.8 Å². The van der Waals surface area contributed by atoms with E-state index in [9.17, 15) is 14.4 Å². The number of aromatic amines is 1. The second-order valence-corrected chi connectivity index (χ2v) is 8.52. The van der Waals surface area contributed by atoms with Crippen molar-refractivity contribution in [1.29, 1.82) is 0 Å². The van der Waals surface area contributed by atoms with E-state index in [0.717, 1.165) is 28.2 Å². The van der Waals surface area contributed by atoms with Crippen LogP contribution in [-0.4, -0.2) is 32.0 Å². The Morgan fingerprint density at radius 2 is 2.00 bits per heavy atom. The Morgan fingerprint density at radius 3 is 2.69 bits per heavy atom. The Hall–Kier alpha value is -3.59. The van der Waals surface area contributed by atoms with Gasteiger partial charge in [0, 0.05) is 30.2 Å². The van der Waals surface area contributed by atoms with Crippen LogP contribution in [0, 0.1) is 6.92 Å². The van der Waals surface area contributed by atoms with E-state index >= 15 is 0 Å². The average Bonchev–Trinajstić information content (AvgIpc) is 3.23. The number of fused-ring (bicyclic) bond motifs is 1. The molecule has 3 heterocycles. The molecule has 0 fully saturated rings. The largest absolute Gasteiger partial charge is 0.352 e. The van der Waals surface area contributed by atoms with Crippen molar-refractivity contribution >= 4 is 28.3 Å². The van der Waals surface area contributed by atoms with Gasteiger partial charge in [0.2, 0.25) is 0 Å². The summed E-state index contributed by atoms with van der Waals surface area (Å²) in [5, 5.41) is 6.15. The van der Waals surface area contributed by atoms with Crippen LogP contribution in [0.5, 0.6) is 0 Å². The summed E-state index contributed by atoms with van der Waals surface area (Å²) in [5.74, 6) is -0.318. The minimum Gasteiger partial charge on any atom is -0.352 e. The third-order valence-corrected chi connectivity index (χ3v) is 5.88. The number of rotatable bonds is 7. The summed E-state index contributed by atoms with van der Waals surface area (Å²) < 4.78 is 1.41. The predicted molar refractivity (Wildman–Crippen MR) is 125 cm³/mol. The lowest BCUT2D eigenvalue weighted by Crippen LogP contribution is -2.31. The molecule has 0 radical (unpaired) electrons. The first-order valence-corrected chi connectivity index (χ1v) is 11.3. The van der Waals surface area contributed by atoms with Crippen LogP contribution < -0.4 is 16.6 Å². The Kier molecular flexibility index (Phi) is 6.27. The highest BCUT2D eigenvalue weighted by Gasteiger charge is 2.13. The number of amides is 1. The Morgan fingerprint density at radius 1 is 1.22 bits per heavy atom. The van der Waals surface area contributed by atoms with Gasteiger partial charge in [-0.2, -0.15) is 0 Å². The van der Waals surface area contributed by atoms with Crippen LogP contribution in [0.4, 0.5) is 0 Å². The summed E-state index contributed by atoms with van der Waals surface area (Å²) in [7, 11) is 0. The quantitative estimate of drug-likeness (QED) is 0.451. The molecule has 0 bridgehead atoms. The molecule has 0 saturated heterocycles. The standard InChI is InChI=1S/C23H23N5O3S/c1-3-10-28-20-18(22(30)27-23(28)31)11-17(12-25-20)21(29)24-9-8-15-4-6-16(7-5-15)19-13-32-14(2)26-19/h4-7,11-13H,3,8-10H2,1-2H3,(H,24,29)(H,27,30,31). The molecule has 3 aromatic heterocycles.